The van der Waals surface area contributed by atoms with Gasteiger partial charge in [0.2, 0.25) is 0 Å². The Labute approximate surface area is 189 Å². The van der Waals surface area contributed by atoms with Crippen molar-refractivity contribution in [3.8, 4) is 17.1 Å². The first-order chi connectivity index (χ1) is 16.0. The second kappa shape index (κ2) is 9.73. The summed E-state index contributed by atoms with van der Waals surface area (Å²) in [7, 11) is 0. The molecule has 0 aliphatic heterocycles. The minimum atomic E-state index is -0.510. The second-order valence-electron chi connectivity index (χ2n) is 7.22. The third kappa shape index (κ3) is 5.04. The molecule has 9 heteroatoms. The van der Waals surface area contributed by atoms with Gasteiger partial charge in [0.15, 0.2) is 5.75 Å². The zero-order chi connectivity index (χ0) is 23.2. The van der Waals surface area contributed by atoms with E-state index in [-0.39, 0.29) is 11.4 Å². The number of ether oxygens (including phenoxy) is 1. The predicted octanol–water partition coefficient (Wildman–Crippen LogP) is 4.69. The molecule has 0 saturated heterocycles. The van der Waals surface area contributed by atoms with E-state index in [9.17, 15) is 14.9 Å². The molecule has 1 aromatic heterocycles. The highest BCUT2D eigenvalue weighted by atomic mass is 16.6. The third-order valence-corrected chi connectivity index (χ3v) is 4.81. The number of hydrogen-bond acceptors (Lipinski definition) is 6. The number of aromatic amines is 1. The molecule has 2 N–H and O–H groups in total. The van der Waals surface area contributed by atoms with Gasteiger partial charge in [-0.05, 0) is 36.8 Å². The van der Waals surface area contributed by atoms with Gasteiger partial charge in [-0.2, -0.15) is 5.10 Å². The molecule has 3 aromatic carbocycles. The molecule has 0 unspecified atom stereocenters. The van der Waals surface area contributed by atoms with E-state index in [1.54, 1.807) is 24.3 Å². The van der Waals surface area contributed by atoms with E-state index < -0.39 is 10.8 Å². The smallest absolute Gasteiger partial charge is 0.311 e. The summed E-state index contributed by atoms with van der Waals surface area (Å²) < 4.78 is 5.40. The first-order valence-corrected chi connectivity index (χ1v) is 10.3. The lowest BCUT2D eigenvalue weighted by Gasteiger charge is -2.05. The highest BCUT2D eigenvalue weighted by Crippen LogP contribution is 2.27. The molecule has 9 nitrogen and oxygen atoms in total. The average molecular weight is 443 g/mol. The zero-order valence-corrected chi connectivity index (χ0v) is 17.8. The summed E-state index contributed by atoms with van der Waals surface area (Å²) in [4.78, 5) is 31.1. The van der Waals surface area contributed by atoms with Gasteiger partial charge >= 0.3 is 5.69 Å². The molecule has 0 radical (unpaired) electrons. The SMILES string of the molecule is CCCOc1ccc(/C=N/NC(=O)c2ccc3nc(-c4ccccc4)[nH]c3c2)cc1[N+](=O)[O-]. The Morgan fingerprint density at radius 1 is 1.18 bits per heavy atom. The summed E-state index contributed by atoms with van der Waals surface area (Å²) in [5, 5.41) is 15.2. The molecule has 0 bridgehead atoms. The van der Waals surface area contributed by atoms with Crippen LogP contribution in [0.4, 0.5) is 5.69 Å². The molecule has 0 aliphatic rings. The van der Waals surface area contributed by atoms with Crippen molar-refractivity contribution >= 4 is 28.8 Å². The number of benzene rings is 3. The van der Waals surface area contributed by atoms with Crippen LogP contribution in [0.15, 0.2) is 71.8 Å². The molecule has 33 heavy (non-hydrogen) atoms. The summed E-state index contributed by atoms with van der Waals surface area (Å²) in [6.45, 7) is 2.31. The topological polar surface area (TPSA) is 123 Å². The number of nitro benzene ring substituents is 1. The summed E-state index contributed by atoms with van der Waals surface area (Å²) >= 11 is 0. The molecule has 4 rings (SSSR count). The van der Waals surface area contributed by atoms with Crippen molar-refractivity contribution in [2.75, 3.05) is 6.61 Å². The predicted molar refractivity (Wildman–Crippen MR) is 125 cm³/mol. The number of nitro groups is 1. The van der Waals surface area contributed by atoms with Crippen LogP contribution < -0.4 is 10.2 Å². The van der Waals surface area contributed by atoms with E-state index in [0.29, 0.717) is 23.6 Å². The van der Waals surface area contributed by atoms with Crippen LogP contribution in [0.1, 0.15) is 29.3 Å². The molecule has 0 aliphatic carbocycles. The molecule has 0 fully saturated rings. The van der Waals surface area contributed by atoms with Crippen molar-refractivity contribution in [2.24, 2.45) is 5.10 Å². The Morgan fingerprint density at radius 3 is 2.76 bits per heavy atom. The average Bonchev–Trinajstić information content (AvgIpc) is 3.27. The number of hydrazone groups is 1. The van der Waals surface area contributed by atoms with Crippen molar-refractivity contribution in [3.63, 3.8) is 0 Å². The number of amides is 1. The number of carbonyl (C=O) groups excluding carboxylic acids is 1. The van der Waals surface area contributed by atoms with Crippen LogP contribution >= 0.6 is 0 Å². The van der Waals surface area contributed by atoms with Gasteiger partial charge < -0.3 is 9.72 Å². The Kier molecular flexibility index (Phi) is 6.40. The highest BCUT2D eigenvalue weighted by molar-refractivity contribution is 5.98. The Balaban J connectivity index is 1.47. The van der Waals surface area contributed by atoms with Crippen LogP contribution in [0.25, 0.3) is 22.4 Å². The molecular weight excluding hydrogens is 422 g/mol. The highest BCUT2D eigenvalue weighted by Gasteiger charge is 2.15. The fourth-order valence-corrected chi connectivity index (χ4v) is 3.21. The maximum Gasteiger partial charge on any atom is 0.311 e. The molecule has 0 atom stereocenters. The van der Waals surface area contributed by atoms with Crippen molar-refractivity contribution in [3.05, 3.63) is 88.0 Å². The van der Waals surface area contributed by atoms with Gasteiger partial charge in [-0.3, -0.25) is 14.9 Å². The van der Waals surface area contributed by atoms with Gasteiger partial charge in [0.1, 0.15) is 5.82 Å². The van der Waals surface area contributed by atoms with Gasteiger partial charge in [-0.15, -0.1) is 0 Å². The lowest BCUT2D eigenvalue weighted by Crippen LogP contribution is -2.17. The lowest BCUT2D eigenvalue weighted by atomic mass is 10.2. The fourth-order valence-electron chi connectivity index (χ4n) is 3.21. The first-order valence-electron chi connectivity index (χ1n) is 10.3. The van der Waals surface area contributed by atoms with Gasteiger partial charge in [0.25, 0.3) is 5.91 Å². The molecule has 0 saturated carbocycles. The minimum absolute atomic E-state index is 0.155. The number of hydrogen-bond donors (Lipinski definition) is 2. The standard InChI is InChI=1S/C24H21N5O4/c1-2-12-33-22-11-8-16(13-21(22)29(31)32)15-25-28-24(30)18-9-10-19-20(14-18)27-23(26-19)17-6-4-3-5-7-17/h3-11,13-15H,2,12H2,1H3,(H,26,27)(H,28,30)/b25-15+. The van der Waals surface area contributed by atoms with Gasteiger partial charge in [-0.25, -0.2) is 10.4 Å². The number of rotatable bonds is 8. The van der Waals surface area contributed by atoms with E-state index in [2.05, 4.69) is 20.5 Å². The number of nitrogens with zero attached hydrogens (tertiary/aromatic N) is 3. The van der Waals surface area contributed by atoms with E-state index in [1.165, 1.54) is 18.3 Å². The van der Waals surface area contributed by atoms with Crippen LogP contribution in [0.3, 0.4) is 0 Å². The molecule has 4 aromatic rings. The maximum absolute atomic E-state index is 12.5. The second-order valence-corrected chi connectivity index (χ2v) is 7.22. The van der Waals surface area contributed by atoms with E-state index >= 15 is 0 Å². The van der Waals surface area contributed by atoms with Crippen molar-refractivity contribution in [1.82, 2.24) is 15.4 Å². The van der Waals surface area contributed by atoms with Crippen LogP contribution in [0.5, 0.6) is 5.75 Å². The number of carbonyl (C=O) groups is 1. The van der Waals surface area contributed by atoms with Crippen LogP contribution in [0, 0.1) is 10.1 Å². The Hall–Kier alpha value is -4.53. The maximum atomic E-state index is 12.5. The van der Waals surface area contributed by atoms with Gasteiger partial charge in [-0.1, -0.05) is 37.3 Å². The van der Waals surface area contributed by atoms with Crippen LogP contribution in [0.2, 0.25) is 0 Å². The molecule has 166 valence electrons. The van der Waals surface area contributed by atoms with E-state index in [0.717, 1.165) is 23.0 Å². The lowest BCUT2D eigenvalue weighted by molar-refractivity contribution is -0.385. The summed E-state index contributed by atoms with van der Waals surface area (Å²) in [5.41, 5.74) is 5.57. The quantitative estimate of drug-likeness (QED) is 0.232. The van der Waals surface area contributed by atoms with Crippen molar-refractivity contribution in [2.45, 2.75) is 13.3 Å². The number of nitrogens with one attached hydrogen (secondary N) is 2. The van der Waals surface area contributed by atoms with Gasteiger partial charge in [0.05, 0.1) is 28.8 Å². The number of imidazole rings is 1. The summed E-state index contributed by atoms with van der Waals surface area (Å²) in [5.74, 6) is 0.501. The van der Waals surface area contributed by atoms with Crippen LogP contribution in [-0.2, 0) is 0 Å². The summed E-state index contributed by atoms with van der Waals surface area (Å²) in [6.07, 6.45) is 2.08. The normalized spacial score (nSPS) is 11.1. The Morgan fingerprint density at radius 2 is 2.00 bits per heavy atom. The monoisotopic (exact) mass is 443 g/mol. The molecule has 1 amide bonds. The number of fused-ring (bicyclic) bond motifs is 1. The Bertz CT molecular complexity index is 1330. The third-order valence-electron chi connectivity index (χ3n) is 4.81. The molecular formula is C24H21N5O4. The number of H-pyrrole nitrogens is 1. The largest absolute Gasteiger partial charge is 0.487 e. The minimum Gasteiger partial charge on any atom is -0.487 e. The van der Waals surface area contributed by atoms with E-state index in [1.807, 2.05) is 37.3 Å². The van der Waals surface area contributed by atoms with Crippen LogP contribution in [-0.4, -0.2) is 33.6 Å². The van der Waals surface area contributed by atoms with Crippen molar-refractivity contribution in [1.29, 1.82) is 0 Å². The first kappa shape index (κ1) is 21.7. The zero-order valence-electron chi connectivity index (χ0n) is 17.8. The molecule has 1 heterocycles. The fraction of sp³-hybridized carbons (Fsp3) is 0.125. The van der Waals surface area contributed by atoms with E-state index in [4.69, 9.17) is 4.74 Å². The van der Waals surface area contributed by atoms with Crippen molar-refractivity contribution < 1.29 is 14.5 Å². The molecule has 0 spiro atoms. The van der Waals surface area contributed by atoms with Gasteiger partial charge in [0, 0.05) is 22.8 Å². The number of aromatic nitrogens is 2. The summed E-state index contributed by atoms with van der Waals surface area (Å²) in [6, 6.07) is 19.3.